The van der Waals surface area contributed by atoms with Crippen LogP contribution in [0.5, 0.6) is 0 Å². The van der Waals surface area contributed by atoms with Crippen molar-refractivity contribution in [2.24, 2.45) is 5.73 Å². The van der Waals surface area contributed by atoms with E-state index in [0.29, 0.717) is 6.54 Å². The molecule has 2 heteroatoms. The smallest absolute Gasteiger partial charge is 0.0409 e. The summed E-state index contributed by atoms with van der Waals surface area (Å²) in [7, 11) is 2.14. The molecular formula is C13H22N2. The van der Waals surface area contributed by atoms with Gasteiger partial charge in [-0.05, 0) is 18.1 Å². The molecule has 0 saturated carbocycles. The summed E-state index contributed by atoms with van der Waals surface area (Å²) in [5.74, 6) is 0. The van der Waals surface area contributed by atoms with Crippen molar-refractivity contribution in [2.75, 3.05) is 18.5 Å². The van der Waals surface area contributed by atoms with Gasteiger partial charge in [-0.15, -0.1) is 0 Å². The van der Waals surface area contributed by atoms with Gasteiger partial charge in [0.1, 0.15) is 0 Å². The van der Waals surface area contributed by atoms with Gasteiger partial charge >= 0.3 is 0 Å². The van der Waals surface area contributed by atoms with E-state index in [9.17, 15) is 0 Å². The quantitative estimate of drug-likeness (QED) is 0.725. The number of para-hydroxylation sites is 1. The molecule has 0 spiro atoms. The van der Waals surface area contributed by atoms with Gasteiger partial charge in [0.15, 0.2) is 0 Å². The molecule has 0 heterocycles. The minimum Gasteiger partial charge on any atom is -0.374 e. The van der Waals surface area contributed by atoms with Crippen LogP contribution in [-0.2, 0) is 6.54 Å². The Morgan fingerprint density at radius 3 is 2.60 bits per heavy atom. The maximum absolute atomic E-state index is 5.72. The van der Waals surface area contributed by atoms with Crippen LogP contribution in [0.1, 0.15) is 31.7 Å². The summed E-state index contributed by atoms with van der Waals surface area (Å²) in [6.45, 7) is 3.97. The van der Waals surface area contributed by atoms with Crippen molar-refractivity contribution in [1.82, 2.24) is 0 Å². The van der Waals surface area contributed by atoms with Crippen LogP contribution in [0.15, 0.2) is 24.3 Å². The van der Waals surface area contributed by atoms with Gasteiger partial charge in [-0.3, -0.25) is 0 Å². The molecule has 0 amide bonds. The van der Waals surface area contributed by atoms with Crippen LogP contribution in [0.2, 0.25) is 0 Å². The molecule has 15 heavy (non-hydrogen) atoms. The molecule has 0 saturated heterocycles. The lowest BCUT2D eigenvalue weighted by atomic mass is 10.1. The summed E-state index contributed by atoms with van der Waals surface area (Å²) in [6.07, 6.45) is 3.83. The van der Waals surface area contributed by atoms with E-state index in [1.807, 2.05) is 6.07 Å². The van der Waals surface area contributed by atoms with Crippen LogP contribution >= 0.6 is 0 Å². The maximum atomic E-state index is 5.72. The molecule has 0 bridgehead atoms. The zero-order valence-electron chi connectivity index (χ0n) is 9.87. The number of hydrogen-bond donors (Lipinski definition) is 1. The number of anilines is 1. The molecule has 0 aliphatic carbocycles. The predicted octanol–water partition coefficient (Wildman–Crippen LogP) is 2.77. The number of nitrogens with two attached hydrogens (primary N) is 1. The van der Waals surface area contributed by atoms with Gasteiger partial charge in [-0.25, -0.2) is 0 Å². The Morgan fingerprint density at radius 1 is 1.20 bits per heavy atom. The van der Waals surface area contributed by atoms with Crippen LogP contribution in [0, 0.1) is 0 Å². The van der Waals surface area contributed by atoms with Gasteiger partial charge < -0.3 is 10.6 Å². The lowest BCUT2D eigenvalue weighted by molar-refractivity contribution is 0.703. The minimum atomic E-state index is 0.619. The first-order valence-corrected chi connectivity index (χ1v) is 5.78. The molecule has 0 aliphatic heterocycles. The van der Waals surface area contributed by atoms with E-state index in [-0.39, 0.29) is 0 Å². The van der Waals surface area contributed by atoms with Crippen LogP contribution in [0.3, 0.4) is 0 Å². The van der Waals surface area contributed by atoms with Crippen molar-refractivity contribution in [3.05, 3.63) is 29.8 Å². The molecule has 0 aliphatic rings. The number of hydrogen-bond acceptors (Lipinski definition) is 2. The molecule has 0 atom stereocenters. The Labute approximate surface area is 93.1 Å². The van der Waals surface area contributed by atoms with Gasteiger partial charge in [0.25, 0.3) is 0 Å². The van der Waals surface area contributed by atoms with Crippen LogP contribution in [0.25, 0.3) is 0 Å². The van der Waals surface area contributed by atoms with Gasteiger partial charge in [0.2, 0.25) is 0 Å². The largest absolute Gasteiger partial charge is 0.374 e. The highest BCUT2D eigenvalue weighted by molar-refractivity contribution is 5.52. The fourth-order valence-electron chi connectivity index (χ4n) is 1.78. The fourth-order valence-corrected chi connectivity index (χ4v) is 1.78. The first-order valence-electron chi connectivity index (χ1n) is 5.78. The lowest BCUT2D eigenvalue weighted by Crippen LogP contribution is -2.20. The molecule has 2 nitrogen and oxygen atoms in total. The van der Waals surface area contributed by atoms with Gasteiger partial charge in [-0.2, -0.15) is 0 Å². The zero-order valence-corrected chi connectivity index (χ0v) is 9.87. The Kier molecular flexibility index (Phi) is 5.19. The van der Waals surface area contributed by atoms with Crippen LogP contribution in [0.4, 0.5) is 5.69 Å². The van der Waals surface area contributed by atoms with E-state index < -0.39 is 0 Å². The second-order valence-electron chi connectivity index (χ2n) is 3.96. The second kappa shape index (κ2) is 6.46. The van der Waals surface area contributed by atoms with Crippen molar-refractivity contribution in [3.63, 3.8) is 0 Å². The van der Waals surface area contributed by atoms with Crippen molar-refractivity contribution < 1.29 is 0 Å². The average Bonchev–Trinajstić information content (AvgIpc) is 2.29. The molecule has 2 N–H and O–H groups in total. The molecule has 1 aromatic carbocycles. The first-order chi connectivity index (χ1) is 7.29. The summed E-state index contributed by atoms with van der Waals surface area (Å²) in [4.78, 5) is 2.30. The summed E-state index contributed by atoms with van der Waals surface area (Å²) in [5, 5.41) is 0. The minimum absolute atomic E-state index is 0.619. The molecule has 0 fully saturated rings. The average molecular weight is 206 g/mol. The van der Waals surface area contributed by atoms with Gasteiger partial charge in [0.05, 0.1) is 0 Å². The fraction of sp³-hybridized carbons (Fsp3) is 0.538. The van der Waals surface area contributed by atoms with E-state index in [1.54, 1.807) is 0 Å². The highest BCUT2D eigenvalue weighted by Crippen LogP contribution is 2.18. The Morgan fingerprint density at radius 2 is 1.93 bits per heavy atom. The molecule has 0 unspecified atom stereocenters. The van der Waals surface area contributed by atoms with E-state index in [4.69, 9.17) is 5.73 Å². The number of rotatable bonds is 6. The highest BCUT2D eigenvalue weighted by Gasteiger charge is 2.04. The topological polar surface area (TPSA) is 29.3 Å². The molecule has 1 aromatic rings. The van der Waals surface area contributed by atoms with Crippen molar-refractivity contribution in [2.45, 2.75) is 32.7 Å². The Bertz CT molecular complexity index is 284. The maximum Gasteiger partial charge on any atom is 0.0409 e. The Balaban J connectivity index is 2.59. The standard InChI is InChI=1S/C13H22N2/c1-3-4-7-10-15(2)13-9-6-5-8-12(13)11-14/h5-6,8-9H,3-4,7,10-11,14H2,1-2H3. The van der Waals surface area contributed by atoms with Crippen LogP contribution < -0.4 is 10.6 Å². The van der Waals surface area contributed by atoms with Crippen molar-refractivity contribution in [3.8, 4) is 0 Å². The van der Waals surface area contributed by atoms with Crippen molar-refractivity contribution in [1.29, 1.82) is 0 Å². The molecule has 0 radical (unpaired) electrons. The van der Waals surface area contributed by atoms with E-state index >= 15 is 0 Å². The second-order valence-corrected chi connectivity index (χ2v) is 3.96. The molecule has 1 rings (SSSR count). The number of nitrogens with zero attached hydrogens (tertiary/aromatic N) is 1. The third kappa shape index (κ3) is 3.56. The van der Waals surface area contributed by atoms with Gasteiger partial charge in [0, 0.05) is 25.8 Å². The first kappa shape index (κ1) is 12.1. The summed E-state index contributed by atoms with van der Waals surface area (Å²) < 4.78 is 0. The van der Waals surface area contributed by atoms with E-state index in [1.165, 1.54) is 30.5 Å². The molecular weight excluding hydrogens is 184 g/mol. The zero-order chi connectivity index (χ0) is 11.1. The predicted molar refractivity (Wildman–Crippen MR) is 67.1 cm³/mol. The normalized spacial score (nSPS) is 10.3. The summed E-state index contributed by atoms with van der Waals surface area (Å²) >= 11 is 0. The Hall–Kier alpha value is -1.02. The highest BCUT2D eigenvalue weighted by atomic mass is 15.1. The SMILES string of the molecule is CCCCCN(C)c1ccccc1CN. The van der Waals surface area contributed by atoms with Gasteiger partial charge in [-0.1, -0.05) is 38.0 Å². The van der Waals surface area contributed by atoms with Crippen molar-refractivity contribution >= 4 is 5.69 Å². The molecule has 0 aromatic heterocycles. The summed E-state index contributed by atoms with van der Waals surface area (Å²) in [5.41, 5.74) is 8.22. The van der Waals surface area contributed by atoms with E-state index in [0.717, 1.165) is 6.54 Å². The monoisotopic (exact) mass is 206 g/mol. The molecule has 84 valence electrons. The third-order valence-electron chi connectivity index (χ3n) is 2.72. The third-order valence-corrected chi connectivity index (χ3v) is 2.72. The lowest BCUT2D eigenvalue weighted by Gasteiger charge is -2.21. The summed E-state index contributed by atoms with van der Waals surface area (Å²) in [6, 6.07) is 8.37. The number of benzene rings is 1. The van der Waals surface area contributed by atoms with Crippen LogP contribution in [-0.4, -0.2) is 13.6 Å². The number of unbranched alkanes of at least 4 members (excludes halogenated alkanes) is 2. The van der Waals surface area contributed by atoms with E-state index in [2.05, 4.69) is 37.1 Å².